The van der Waals surface area contributed by atoms with Crippen molar-refractivity contribution in [3.8, 4) is 0 Å². The minimum absolute atomic E-state index is 0.0129. The lowest BCUT2D eigenvalue weighted by atomic mass is 9.44. The van der Waals surface area contributed by atoms with Gasteiger partial charge in [-0.15, -0.1) is 0 Å². The summed E-state index contributed by atoms with van der Waals surface area (Å²) in [5.74, 6) is 2.23. The molecule has 4 aliphatic carbocycles. The number of hydrogen-bond acceptors (Lipinski definition) is 2. The van der Waals surface area contributed by atoms with Gasteiger partial charge in [-0.3, -0.25) is 0 Å². The summed E-state index contributed by atoms with van der Waals surface area (Å²) in [4.78, 5) is 0. The summed E-state index contributed by atoms with van der Waals surface area (Å²) in [7, 11) is 0. The molecule has 0 amide bonds. The number of aliphatic hydroxyl groups excluding tert-OH is 2. The van der Waals surface area contributed by atoms with Gasteiger partial charge in [-0.1, -0.05) is 65.8 Å². The summed E-state index contributed by atoms with van der Waals surface area (Å²) >= 11 is 0. The Morgan fingerprint density at radius 3 is 1.34 bits per heavy atom. The van der Waals surface area contributed by atoms with Crippen molar-refractivity contribution in [2.75, 3.05) is 0 Å². The monoisotopic (exact) mass is 442 g/mol. The fraction of sp³-hybridized carbons (Fsp3) is 0.867. The highest BCUT2D eigenvalue weighted by atomic mass is 16.3. The molecule has 4 rings (SSSR count). The lowest BCUT2D eigenvalue weighted by molar-refractivity contribution is -0.134. The van der Waals surface area contributed by atoms with Crippen molar-refractivity contribution in [2.24, 2.45) is 45.3 Å². The molecule has 0 radical (unpaired) electrons. The third kappa shape index (κ3) is 3.49. The van der Waals surface area contributed by atoms with E-state index in [1.54, 1.807) is 0 Å². The molecular weight excluding hydrogens is 392 g/mol. The van der Waals surface area contributed by atoms with Crippen LogP contribution in [0.3, 0.4) is 0 Å². The van der Waals surface area contributed by atoms with Crippen molar-refractivity contribution in [1.29, 1.82) is 0 Å². The summed E-state index contributed by atoms with van der Waals surface area (Å²) in [6, 6.07) is 0. The quantitative estimate of drug-likeness (QED) is 0.450. The molecule has 32 heavy (non-hydrogen) atoms. The SMILES string of the molecule is C=C1CC[C@H]2C(C)(C)[C@@H](O)CC[C@]2(C)[C@H]1CC[C@H]1C(=C)CC[C@H]2C(C)(C)[C@@H](O)CC[C@]12C. The van der Waals surface area contributed by atoms with E-state index < -0.39 is 0 Å². The van der Waals surface area contributed by atoms with Crippen molar-refractivity contribution in [1.82, 2.24) is 0 Å². The highest BCUT2D eigenvalue weighted by molar-refractivity contribution is 5.20. The highest BCUT2D eigenvalue weighted by Gasteiger charge is 2.58. The van der Waals surface area contributed by atoms with Crippen molar-refractivity contribution < 1.29 is 10.2 Å². The Labute approximate surface area is 198 Å². The van der Waals surface area contributed by atoms with Crippen molar-refractivity contribution in [3.63, 3.8) is 0 Å². The van der Waals surface area contributed by atoms with Crippen LogP contribution >= 0.6 is 0 Å². The molecule has 0 aromatic rings. The number of rotatable bonds is 3. The first-order valence-corrected chi connectivity index (χ1v) is 13.5. The molecule has 4 saturated carbocycles. The molecule has 0 spiro atoms. The van der Waals surface area contributed by atoms with Gasteiger partial charge in [0.15, 0.2) is 0 Å². The van der Waals surface area contributed by atoms with E-state index in [1.165, 1.54) is 36.8 Å². The van der Waals surface area contributed by atoms with Gasteiger partial charge in [0.2, 0.25) is 0 Å². The van der Waals surface area contributed by atoms with Crippen molar-refractivity contribution >= 4 is 0 Å². The molecule has 2 heteroatoms. The normalized spacial score (nSPS) is 48.1. The molecular formula is C30H50O2. The van der Waals surface area contributed by atoms with Gasteiger partial charge in [0.1, 0.15) is 0 Å². The first-order chi connectivity index (χ1) is 14.8. The third-order valence-corrected chi connectivity index (χ3v) is 11.8. The van der Waals surface area contributed by atoms with Gasteiger partial charge in [0, 0.05) is 0 Å². The Morgan fingerprint density at radius 1 is 0.656 bits per heavy atom. The van der Waals surface area contributed by atoms with Crippen LogP contribution in [0.15, 0.2) is 24.3 Å². The molecule has 182 valence electrons. The summed E-state index contributed by atoms with van der Waals surface area (Å²) in [6.07, 6.45) is 10.7. The number of aliphatic hydroxyl groups is 2. The standard InChI is InChI=1S/C30H50O2/c1-19-9-13-23-27(3,4)25(31)15-17-29(23,7)21(19)11-12-22-20(2)10-14-24-28(5,6)26(32)16-18-30(22,24)8/h21-26,31-32H,1-2,9-18H2,3-8H3/t21-,22-,23-,24-,25-,26-,29+,30+/m0/s1. The molecule has 0 heterocycles. The van der Waals surface area contributed by atoms with Gasteiger partial charge in [0.05, 0.1) is 12.2 Å². The fourth-order valence-corrected chi connectivity index (χ4v) is 9.73. The third-order valence-electron chi connectivity index (χ3n) is 11.8. The Bertz CT molecular complexity index is 699. The van der Waals surface area contributed by atoms with E-state index in [2.05, 4.69) is 54.7 Å². The number of fused-ring (bicyclic) bond motifs is 2. The number of allylic oxidation sites excluding steroid dienone is 2. The fourth-order valence-electron chi connectivity index (χ4n) is 9.73. The second-order valence-corrected chi connectivity index (χ2v) is 13.9. The molecule has 2 N–H and O–H groups in total. The molecule has 4 aliphatic rings. The topological polar surface area (TPSA) is 40.5 Å². The van der Waals surface area contributed by atoms with Crippen LogP contribution in [0.1, 0.15) is 106 Å². The van der Waals surface area contributed by atoms with E-state index >= 15 is 0 Å². The molecule has 0 aliphatic heterocycles. The zero-order valence-corrected chi connectivity index (χ0v) is 21.8. The molecule has 0 unspecified atom stereocenters. The minimum atomic E-state index is -0.179. The van der Waals surface area contributed by atoms with Crippen molar-refractivity contribution in [3.05, 3.63) is 24.3 Å². The van der Waals surface area contributed by atoms with Crippen LogP contribution in [-0.4, -0.2) is 22.4 Å². The second kappa shape index (κ2) is 7.98. The van der Waals surface area contributed by atoms with Gasteiger partial charge in [-0.25, -0.2) is 0 Å². The Kier molecular flexibility index (Phi) is 6.11. The van der Waals surface area contributed by atoms with Crippen LogP contribution in [0.25, 0.3) is 0 Å². The van der Waals surface area contributed by atoms with E-state index in [-0.39, 0.29) is 33.9 Å². The molecule has 4 fully saturated rings. The molecule has 2 nitrogen and oxygen atoms in total. The van der Waals surface area contributed by atoms with E-state index in [4.69, 9.17) is 0 Å². The van der Waals surface area contributed by atoms with Gasteiger partial charge >= 0.3 is 0 Å². The predicted octanol–water partition coefficient (Wildman–Crippen LogP) is 7.31. The minimum Gasteiger partial charge on any atom is -0.393 e. The van der Waals surface area contributed by atoms with Gasteiger partial charge < -0.3 is 10.2 Å². The van der Waals surface area contributed by atoms with E-state index in [1.807, 2.05) is 0 Å². The summed E-state index contributed by atoms with van der Waals surface area (Å²) < 4.78 is 0. The lowest BCUT2D eigenvalue weighted by Crippen LogP contribution is -2.56. The first-order valence-electron chi connectivity index (χ1n) is 13.5. The smallest absolute Gasteiger partial charge is 0.0594 e. The second-order valence-electron chi connectivity index (χ2n) is 13.9. The van der Waals surface area contributed by atoms with Crippen LogP contribution in [0, 0.1) is 45.3 Å². The highest BCUT2D eigenvalue weighted by Crippen LogP contribution is 2.64. The van der Waals surface area contributed by atoms with E-state index in [9.17, 15) is 10.2 Å². The molecule has 0 aromatic heterocycles. The van der Waals surface area contributed by atoms with Crippen LogP contribution in [0.5, 0.6) is 0 Å². The lowest BCUT2D eigenvalue weighted by Gasteiger charge is -2.61. The summed E-state index contributed by atoms with van der Waals surface area (Å²) in [6.45, 7) is 23.4. The predicted molar refractivity (Wildman–Crippen MR) is 134 cm³/mol. The summed E-state index contributed by atoms with van der Waals surface area (Å²) in [5, 5.41) is 21.6. The van der Waals surface area contributed by atoms with Gasteiger partial charge in [-0.2, -0.15) is 0 Å². The maximum atomic E-state index is 10.8. The van der Waals surface area contributed by atoms with Gasteiger partial charge in [0.25, 0.3) is 0 Å². The largest absolute Gasteiger partial charge is 0.393 e. The maximum Gasteiger partial charge on any atom is 0.0594 e. The Morgan fingerprint density at radius 2 is 1.00 bits per heavy atom. The molecule has 0 saturated heterocycles. The van der Waals surface area contributed by atoms with Crippen LogP contribution in [-0.2, 0) is 0 Å². The van der Waals surface area contributed by atoms with Crippen LogP contribution in [0.2, 0.25) is 0 Å². The molecule has 8 atom stereocenters. The Hall–Kier alpha value is -0.600. The van der Waals surface area contributed by atoms with E-state index in [0.717, 1.165) is 38.5 Å². The van der Waals surface area contributed by atoms with Crippen LogP contribution in [0.4, 0.5) is 0 Å². The van der Waals surface area contributed by atoms with Crippen molar-refractivity contribution in [2.45, 2.75) is 118 Å². The molecule has 0 aromatic carbocycles. The first kappa shape index (κ1) is 24.5. The number of hydrogen-bond donors (Lipinski definition) is 2. The Balaban J connectivity index is 1.57. The molecule has 0 bridgehead atoms. The average molecular weight is 443 g/mol. The van der Waals surface area contributed by atoms with Gasteiger partial charge in [-0.05, 0) is 110 Å². The van der Waals surface area contributed by atoms with Crippen LogP contribution < -0.4 is 0 Å². The zero-order chi connectivity index (χ0) is 23.7. The maximum absolute atomic E-state index is 10.8. The zero-order valence-electron chi connectivity index (χ0n) is 21.8. The van der Waals surface area contributed by atoms with E-state index in [0.29, 0.717) is 23.7 Å². The average Bonchev–Trinajstić information content (AvgIpc) is 2.69. The summed E-state index contributed by atoms with van der Waals surface area (Å²) in [5.41, 5.74) is 3.38.